The molecule has 0 spiro atoms. The quantitative estimate of drug-likeness (QED) is 0.244. The molecule has 10 nitrogen and oxygen atoms in total. The van der Waals surface area contributed by atoms with Gasteiger partial charge >= 0.3 is 5.97 Å². The van der Waals surface area contributed by atoms with E-state index in [2.05, 4.69) is 9.89 Å². The van der Waals surface area contributed by atoms with E-state index in [1.54, 1.807) is 48.6 Å². The number of nitrogens with one attached hydrogen (secondary N) is 1. The summed E-state index contributed by atoms with van der Waals surface area (Å²) in [6.45, 7) is 2.50. The van der Waals surface area contributed by atoms with Crippen molar-refractivity contribution in [3.05, 3.63) is 64.7 Å². The molecule has 4 rings (SSSR count). The molecule has 2 aliphatic heterocycles. The zero-order chi connectivity index (χ0) is 28.7. The van der Waals surface area contributed by atoms with Crippen molar-refractivity contribution in [2.45, 2.75) is 38.2 Å². The lowest BCUT2D eigenvalue weighted by Gasteiger charge is -2.35. The summed E-state index contributed by atoms with van der Waals surface area (Å²) in [5.41, 5.74) is 7.03. The largest absolute Gasteiger partial charge is 0.489 e. The van der Waals surface area contributed by atoms with Crippen molar-refractivity contribution in [1.82, 2.24) is 4.90 Å². The van der Waals surface area contributed by atoms with Gasteiger partial charge in [-0.3, -0.25) is 19.5 Å². The number of sulfonamides is 1. The number of halogens is 3. The number of hydrogen-bond acceptors (Lipinski definition) is 7. The molecule has 0 radical (unpaired) electrons. The highest BCUT2D eigenvalue weighted by Crippen LogP contribution is 2.33. The Balaban J connectivity index is 0.00000308. The first-order valence-corrected chi connectivity index (χ1v) is 15.2. The molecule has 2 aromatic carbocycles. The number of nitrogen functional groups attached to an aromatic ring is 1. The third-order valence-corrected chi connectivity index (χ3v) is 8.77. The fourth-order valence-electron chi connectivity index (χ4n) is 4.80. The first kappa shape index (κ1) is 35.2. The van der Waals surface area contributed by atoms with E-state index in [9.17, 15) is 18.3 Å². The number of carbonyl (C=O) groups is 1. The SMILES string of the molecule is Cl.Cl.N=C(N)c1cccc(/C=C/CN(c2ccc(OC3CCN(C4=NCCCC4)CC3)c(Cl)c2)S(=O)(=O)CC(=O)O)c1. The van der Waals surface area contributed by atoms with Crippen molar-refractivity contribution in [3.63, 3.8) is 0 Å². The number of nitrogens with zero attached hydrogens (tertiary/aromatic N) is 3. The number of nitrogens with two attached hydrogens (primary N) is 1. The van der Waals surface area contributed by atoms with Gasteiger partial charge in [0.15, 0.2) is 5.75 Å². The molecule has 0 aromatic heterocycles. The summed E-state index contributed by atoms with van der Waals surface area (Å²) in [5, 5.41) is 17.0. The Kier molecular flexibility index (Phi) is 13.4. The molecule has 42 heavy (non-hydrogen) atoms. The van der Waals surface area contributed by atoms with E-state index in [1.807, 2.05) is 0 Å². The Morgan fingerprint density at radius 1 is 1.19 bits per heavy atom. The minimum Gasteiger partial charge on any atom is -0.489 e. The second-order valence-electron chi connectivity index (χ2n) is 9.80. The van der Waals surface area contributed by atoms with E-state index in [1.165, 1.54) is 18.3 Å². The lowest BCUT2D eigenvalue weighted by Crippen LogP contribution is -2.42. The normalized spacial score (nSPS) is 15.7. The molecule has 2 aliphatic rings. The minimum atomic E-state index is -4.21. The minimum absolute atomic E-state index is 0. The number of hydrogen-bond donors (Lipinski definition) is 3. The number of aliphatic imine (C=N–C) groups is 1. The number of ether oxygens (including phenoxy) is 1. The first-order chi connectivity index (χ1) is 19.1. The van der Waals surface area contributed by atoms with Gasteiger partial charge in [-0.25, -0.2) is 8.42 Å². The van der Waals surface area contributed by atoms with Gasteiger partial charge in [-0.1, -0.05) is 42.0 Å². The average Bonchev–Trinajstić information content (AvgIpc) is 2.92. The molecule has 2 aromatic rings. The van der Waals surface area contributed by atoms with Crippen molar-refractivity contribution < 1.29 is 23.1 Å². The van der Waals surface area contributed by atoms with Gasteiger partial charge in [0.25, 0.3) is 0 Å². The number of rotatable bonds is 10. The molecule has 0 bridgehead atoms. The second kappa shape index (κ2) is 16.0. The van der Waals surface area contributed by atoms with Crippen LogP contribution >= 0.6 is 36.4 Å². The van der Waals surface area contributed by atoms with E-state index in [4.69, 9.17) is 27.5 Å². The Morgan fingerprint density at radius 3 is 2.55 bits per heavy atom. The maximum atomic E-state index is 13.0. The smallest absolute Gasteiger partial charge is 0.320 e. The number of amidine groups is 2. The Hall–Kier alpha value is -2.99. The van der Waals surface area contributed by atoms with Crippen LogP contribution in [0.3, 0.4) is 0 Å². The molecule has 0 amide bonds. The van der Waals surface area contributed by atoms with Crippen molar-refractivity contribution in [2.75, 3.05) is 36.2 Å². The lowest BCUT2D eigenvalue weighted by molar-refractivity contribution is -0.134. The molecule has 1 saturated heterocycles. The van der Waals surface area contributed by atoms with E-state index in [0.29, 0.717) is 16.9 Å². The zero-order valence-corrected chi connectivity index (χ0v) is 26.2. The number of carboxylic acid groups (broad SMARTS) is 1. The Labute approximate surface area is 264 Å². The van der Waals surface area contributed by atoms with Gasteiger partial charge < -0.3 is 20.5 Å². The number of anilines is 1. The molecule has 0 atom stereocenters. The second-order valence-corrected chi connectivity index (χ2v) is 12.1. The van der Waals surface area contributed by atoms with Crippen molar-refractivity contribution >= 4 is 75.8 Å². The standard InChI is InChI=1S/C28H34ClN5O5S.2ClH/c29-24-18-22(9-10-25(24)39-23-11-15-33(16-12-23)26-8-1-2-13-32-26)34(40(37,38)19-27(35)36)14-4-6-20-5-3-7-21(17-20)28(30)31;;/h3-7,9-10,17-18,23H,1-2,8,11-16,19H2,(H3,30,31)(H,35,36);2*1H/b6-4+;;. The monoisotopic (exact) mass is 659 g/mol. The van der Waals surface area contributed by atoms with Crippen LogP contribution in [-0.4, -0.2) is 74.1 Å². The van der Waals surface area contributed by atoms with Crippen LogP contribution in [0.5, 0.6) is 5.75 Å². The fraction of sp³-hybridized carbons (Fsp3) is 0.393. The van der Waals surface area contributed by atoms with Crippen LogP contribution in [-0.2, 0) is 14.8 Å². The zero-order valence-electron chi connectivity index (χ0n) is 22.9. The summed E-state index contributed by atoms with van der Waals surface area (Å²) in [7, 11) is -4.21. The maximum Gasteiger partial charge on any atom is 0.320 e. The summed E-state index contributed by atoms with van der Waals surface area (Å²) in [5.74, 6) is -0.969. The van der Waals surface area contributed by atoms with Crippen LogP contribution in [0.25, 0.3) is 6.08 Å². The van der Waals surface area contributed by atoms with Gasteiger partial charge in [0.05, 0.1) is 23.1 Å². The molecular weight excluding hydrogens is 625 g/mol. The van der Waals surface area contributed by atoms with Crippen molar-refractivity contribution in [1.29, 1.82) is 5.41 Å². The Bertz CT molecular complexity index is 1410. The van der Waals surface area contributed by atoms with E-state index >= 15 is 0 Å². The third-order valence-electron chi connectivity index (χ3n) is 6.83. The maximum absolute atomic E-state index is 13.0. The van der Waals surface area contributed by atoms with E-state index in [-0.39, 0.29) is 54.0 Å². The van der Waals surface area contributed by atoms with E-state index < -0.39 is 21.7 Å². The van der Waals surface area contributed by atoms with Gasteiger partial charge in [-0.05, 0) is 42.7 Å². The predicted molar refractivity (Wildman–Crippen MR) is 173 cm³/mol. The van der Waals surface area contributed by atoms with Gasteiger partial charge in [0, 0.05) is 44.5 Å². The number of piperidine rings is 1. The van der Waals surface area contributed by atoms with Crippen LogP contribution < -0.4 is 14.8 Å². The average molecular weight is 661 g/mol. The molecule has 0 aliphatic carbocycles. The van der Waals surface area contributed by atoms with Crippen LogP contribution in [0, 0.1) is 5.41 Å². The summed E-state index contributed by atoms with van der Waals surface area (Å²) in [6.07, 6.45) is 8.26. The summed E-state index contributed by atoms with van der Waals surface area (Å²) in [4.78, 5) is 18.3. The van der Waals surface area contributed by atoms with Gasteiger partial charge in [-0.15, -0.1) is 24.8 Å². The predicted octanol–water partition coefficient (Wildman–Crippen LogP) is 4.83. The molecule has 0 saturated carbocycles. The summed E-state index contributed by atoms with van der Waals surface area (Å²) < 4.78 is 33.1. The molecule has 14 heteroatoms. The van der Waals surface area contributed by atoms with E-state index in [0.717, 1.165) is 49.6 Å². The topological polar surface area (TPSA) is 149 Å². The van der Waals surface area contributed by atoms with Crippen molar-refractivity contribution in [3.8, 4) is 5.75 Å². The number of aliphatic carboxylic acids is 1. The van der Waals surface area contributed by atoms with Crippen molar-refractivity contribution in [2.24, 2.45) is 10.7 Å². The summed E-state index contributed by atoms with van der Waals surface area (Å²) >= 11 is 6.53. The highest BCUT2D eigenvalue weighted by Gasteiger charge is 2.27. The Morgan fingerprint density at radius 2 is 1.93 bits per heavy atom. The molecule has 230 valence electrons. The number of benzene rings is 2. The van der Waals surface area contributed by atoms with Crippen LogP contribution in [0.2, 0.25) is 5.02 Å². The highest BCUT2D eigenvalue weighted by molar-refractivity contribution is 7.93. The molecule has 0 unspecified atom stereocenters. The molecule has 4 N–H and O–H groups in total. The number of likely N-dealkylation sites (tertiary alicyclic amines) is 1. The highest BCUT2D eigenvalue weighted by atomic mass is 35.5. The first-order valence-electron chi connectivity index (χ1n) is 13.2. The third kappa shape index (κ3) is 9.52. The summed E-state index contributed by atoms with van der Waals surface area (Å²) in [6, 6.07) is 11.6. The molecule has 2 heterocycles. The van der Waals surface area contributed by atoms with Gasteiger partial charge in [-0.2, -0.15) is 0 Å². The lowest BCUT2D eigenvalue weighted by atomic mass is 10.1. The van der Waals surface area contributed by atoms with Gasteiger partial charge in [0.1, 0.15) is 17.7 Å². The van der Waals surface area contributed by atoms with Crippen LogP contribution in [0.15, 0.2) is 53.5 Å². The van der Waals surface area contributed by atoms with Crippen LogP contribution in [0.4, 0.5) is 5.69 Å². The molecule has 1 fully saturated rings. The van der Waals surface area contributed by atoms with Gasteiger partial charge in [0.2, 0.25) is 10.0 Å². The molecular formula is C28H36Cl3N5O5S. The number of carboxylic acids is 1. The fourth-order valence-corrected chi connectivity index (χ4v) is 6.24. The van der Waals surface area contributed by atoms with Crippen LogP contribution in [0.1, 0.15) is 43.2 Å².